The molecule has 2 aromatic rings. The van der Waals surface area contributed by atoms with Crippen LogP contribution in [-0.4, -0.2) is 16.1 Å². The summed E-state index contributed by atoms with van der Waals surface area (Å²) in [4.78, 5) is 10.6. The Hall–Kier alpha value is -1.81. The first-order valence-corrected chi connectivity index (χ1v) is 4.65. The maximum absolute atomic E-state index is 10.6. The number of carbonyl (C=O) groups excluding carboxylic acids is 1. The summed E-state index contributed by atoms with van der Waals surface area (Å²) in [6.07, 6.45) is 2.07. The van der Waals surface area contributed by atoms with E-state index in [0.717, 1.165) is 0 Å². The number of hydrogen-bond acceptors (Lipinski definition) is 3. The van der Waals surface area contributed by atoms with E-state index in [1.165, 1.54) is 10.9 Å². The molecule has 0 atom stereocenters. The average Bonchev–Trinajstić information content (AvgIpc) is 2.60. The highest BCUT2D eigenvalue weighted by Gasteiger charge is 2.09. The van der Waals surface area contributed by atoms with Gasteiger partial charge < -0.3 is 5.73 Å². The predicted molar refractivity (Wildman–Crippen MR) is 58.4 cm³/mol. The number of nitrogens with two attached hydrogens (primary N) is 1. The monoisotopic (exact) mass is 221 g/mol. The molecule has 0 radical (unpaired) electrons. The Bertz CT molecular complexity index is 507. The summed E-state index contributed by atoms with van der Waals surface area (Å²) >= 11 is 5.98. The van der Waals surface area contributed by atoms with Crippen molar-refractivity contribution in [2.45, 2.75) is 0 Å². The van der Waals surface area contributed by atoms with Crippen LogP contribution in [0, 0.1) is 0 Å². The molecule has 0 spiro atoms. The van der Waals surface area contributed by atoms with Crippen LogP contribution in [-0.2, 0) is 0 Å². The van der Waals surface area contributed by atoms with E-state index < -0.39 is 0 Å². The van der Waals surface area contributed by atoms with Crippen molar-refractivity contribution in [1.29, 1.82) is 0 Å². The van der Waals surface area contributed by atoms with Crippen molar-refractivity contribution in [2.75, 3.05) is 5.73 Å². The second-order valence-corrected chi connectivity index (χ2v) is 3.37. The van der Waals surface area contributed by atoms with Gasteiger partial charge in [0.1, 0.15) is 5.82 Å². The second kappa shape index (κ2) is 3.74. The van der Waals surface area contributed by atoms with Gasteiger partial charge >= 0.3 is 0 Å². The minimum absolute atomic E-state index is 0.290. The molecule has 76 valence electrons. The van der Waals surface area contributed by atoms with Crippen molar-refractivity contribution in [3.63, 3.8) is 0 Å². The van der Waals surface area contributed by atoms with Gasteiger partial charge in [-0.05, 0) is 12.1 Å². The predicted octanol–water partition coefficient (Wildman–Crippen LogP) is 1.92. The van der Waals surface area contributed by atoms with Gasteiger partial charge in [-0.3, -0.25) is 4.79 Å². The molecule has 0 unspecified atom stereocenters. The Balaban J connectivity index is 2.59. The third-order valence-corrected chi connectivity index (χ3v) is 2.36. The van der Waals surface area contributed by atoms with Gasteiger partial charge in [0, 0.05) is 0 Å². The first-order valence-electron chi connectivity index (χ1n) is 4.27. The molecule has 1 aromatic carbocycles. The van der Waals surface area contributed by atoms with E-state index in [4.69, 9.17) is 17.3 Å². The summed E-state index contributed by atoms with van der Waals surface area (Å²) in [7, 11) is 0. The number of aromatic nitrogens is 2. The summed E-state index contributed by atoms with van der Waals surface area (Å²) in [5.41, 5.74) is 6.74. The maximum atomic E-state index is 10.6. The lowest BCUT2D eigenvalue weighted by molar-refractivity contribution is 0.112. The molecule has 2 N–H and O–H groups in total. The van der Waals surface area contributed by atoms with Gasteiger partial charge in [0.2, 0.25) is 0 Å². The highest BCUT2D eigenvalue weighted by molar-refractivity contribution is 6.32. The number of halogens is 1. The molecule has 0 aliphatic carbocycles. The largest absolute Gasteiger partial charge is 0.383 e. The highest BCUT2D eigenvalue weighted by Crippen LogP contribution is 2.22. The fraction of sp³-hybridized carbons (Fsp3) is 0. The van der Waals surface area contributed by atoms with Gasteiger partial charge in [-0.15, -0.1) is 0 Å². The molecular weight excluding hydrogens is 214 g/mol. The molecule has 0 amide bonds. The number of nitrogens with zero attached hydrogens (tertiary/aromatic N) is 2. The number of anilines is 1. The number of hydrogen-bond donors (Lipinski definition) is 1. The van der Waals surface area contributed by atoms with E-state index in [-0.39, 0.29) is 5.82 Å². The van der Waals surface area contributed by atoms with Crippen LogP contribution in [0.2, 0.25) is 5.02 Å². The number of benzene rings is 1. The number of nitrogen functional groups attached to an aromatic ring is 1. The van der Waals surface area contributed by atoms with E-state index in [9.17, 15) is 4.79 Å². The van der Waals surface area contributed by atoms with Crippen LogP contribution >= 0.6 is 11.6 Å². The molecule has 15 heavy (non-hydrogen) atoms. The van der Waals surface area contributed by atoms with Crippen LogP contribution in [0.1, 0.15) is 10.4 Å². The van der Waals surface area contributed by atoms with Crippen molar-refractivity contribution >= 4 is 23.7 Å². The molecule has 4 nitrogen and oxygen atoms in total. The number of aldehydes is 1. The van der Waals surface area contributed by atoms with Crippen molar-refractivity contribution in [3.8, 4) is 5.69 Å². The van der Waals surface area contributed by atoms with E-state index in [1.54, 1.807) is 12.1 Å². The van der Waals surface area contributed by atoms with Gasteiger partial charge in [0.25, 0.3) is 0 Å². The molecule has 0 saturated carbocycles. The van der Waals surface area contributed by atoms with E-state index in [2.05, 4.69) is 5.10 Å². The number of carbonyl (C=O) groups is 1. The summed E-state index contributed by atoms with van der Waals surface area (Å²) in [6.45, 7) is 0. The number of para-hydroxylation sites is 1. The average molecular weight is 222 g/mol. The topological polar surface area (TPSA) is 60.9 Å². The Morgan fingerprint density at radius 2 is 2.13 bits per heavy atom. The zero-order valence-corrected chi connectivity index (χ0v) is 8.48. The molecule has 0 aliphatic heterocycles. The van der Waals surface area contributed by atoms with Crippen LogP contribution in [0.25, 0.3) is 5.69 Å². The molecule has 0 saturated heterocycles. The van der Waals surface area contributed by atoms with Gasteiger partial charge in [0.05, 0.1) is 22.5 Å². The zero-order chi connectivity index (χ0) is 10.8. The summed E-state index contributed by atoms with van der Waals surface area (Å²) in [6, 6.07) is 7.15. The van der Waals surface area contributed by atoms with Crippen molar-refractivity contribution < 1.29 is 4.79 Å². The van der Waals surface area contributed by atoms with Crippen LogP contribution < -0.4 is 5.73 Å². The molecular formula is C10H8ClN3O. The van der Waals surface area contributed by atoms with Crippen LogP contribution in [0.4, 0.5) is 5.82 Å². The lowest BCUT2D eigenvalue weighted by atomic mass is 10.3. The van der Waals surface area contributed by atoms with E-state index in [1.807, 2.05) is 12.1 Å². The van der Waals surface area contributed by atoms with Gasteiger partial charge in [-0.1, -0.05) is 23.7 Å². The Morgan fingerprint density at radius 3 is 2.73 bits per heavy atom. The Labute approximate surface area is 91.3 Å². The zero-order valence-electron chi connectivity index (χ0n) is 7.72. The lowest BCUT2D eigenvalue weighted by Gasteiger charge is -2.05. The lowest BCUT2D eigenvalue weighted by Crippen LogP contribution is -2.03. The molecule has 0 bridgehead atoms. The summed E-state index contributed by atoms with van der Waals surface area (Å²) in [5.74, 6) is 0.290. The van der Waals surface area contributed by atoms with Crippen molar-refractivity contribution in [1.82, 2.24) is 9.78 Å². The normalized spacial score (nSPS) is 10.2. The fourth-order valence-corrected chi connectivity index (χ4v) is 1.49. The van der Waals surface area contributed by atoms with Crippen LogP contribution in [0.5, 0.6) is 0 Å². The fourth-order valence-electron chi connectivity index (χ4n) is 1.28. The highest BCUT2D eigenvalue weighted by atomic mass is 35.5. The van der Waals surface area contributed by atoms with Gasteiger partial charge in [-0.2, -0.15) is 5.10 Å². The number of rotatable bonds is 2. The molecule has 0 aliphatic rings. The smallest absolute Gasteiger partial charge is 0.155 e. The standard InChI is InChI=1S/C10H8ClN3O/c11-8-3-1-2-4-9(8)14-10(12)7(6-15)5-13-14/h1-6H,12H2. The van der Waals surface area contributed by atoms with Crippen LogP contribution in [0.15, 0.2) is 30.5 Å². The SMILES string of the molecule is Nc1c(C=O)cnn1-c1ccccc1Cl. The molecule has 1 heterocycles. The quantitative estimate of drug-likeness (QED) is 0.789. The maximum Gasteiger partial charge on any atom is 0.155 e. The molecule has 1 aromatic heterocycles. The van der Waals surface area contributed by atoms with Gasteiger partial charge in [0.15, 0.2) is 6.29 Å². The molecule has 5 heteroatoms. The molecule has 0 fully saturated rings. The third kappa shape index (κ3) is 1.59. The van der Waals surface area contributed by atoms with Gasteiger partial charge in [-0.25, -0.2) is 4.68 Å². The summed E-state index contributed by atoms with van der Waals surface area (Å²) in [5, 5.41) is 4.53. The van der Waals surface area contributed by atoms with Crippen molar-refractivity contribution in [2.24, 2.45) is 0 Å². The van der Waals surface area contributed by atoms with E-state index >= 15 is 0 Å². The van der Waals surface area contributed by atoms with E-state index in [0.29, 0.717) is 22.6 Å². The van der Waals surface area contributed by atoms with Crippen LogP contribution in [0.3, 0.4) is 0 Å². The third-order valence-electron chi connectivity index (χ3n) is 2.04. The first kappa shape index (κ1) is 9.73. The molecule has 2 rings (SSSR count). The second-order valence-electron chi connectivity index (χ2n) is 2.97. The Kier molecular flexibility index (Phi) is 2.43. The summed E-state index contributed by atoms with van der Waals surface area (Å²) < 4.78 is 1.44. The Morgan fingerprint density at radius 1 is 1.40 bits per heavy atom. The van der Waals surface area contributed by atoms with Crippen molar-refractivity contribution in [3.05, 3.63) is 41.0 Å². The minimum Gasteiger partial charge on any atom is -0.383 e. The first-order chi connectivity index (χ1) is 7.24. The minimum atomic E-state index is 0.290.